The number of aliphatic carboxylic acids is 3. The standard InChI is InChI=1S/C27H38N8O9/c28-16(7-9-21(36)37)23(40)35-20(12-14-13-32-17-5-2-1-4-15(14)17)25(42)33-18(6-3-11-31-27(29)30)24(41)34-19(26(43)44)8-10-22(38)39/h1-2,4-5,13,16,18-20,32H,3,6-12,28H2,(H,33,42)(H,34,41)(H,35,40)(H,36,37)(H,38,39)(H,43,44)(H4,29,30,31). The van der Waals surface area contributed by atoms with Crippen molar-refractivity contribution in [3.63, 3.8) is 0 Å². The number of carboxylic acids is 3. The van der Waals surface area contributed by atoms with Crippen molar-refractivity contribution in [3.8, 4) is 0 Å². The number of carbonyl (C=O) groups is 6. The van der Waals surface area contributed by atoms with E-state index in [0.717, 1.165) is 10.9 Å². The maximum Gasteiger partial charge on any atom is 0.326 e. The molecule has 4 unspecified atom stereocenters. The monoisotopic (exact) mass is 618 g/mol. The number of rotatable bonds is 19. The first-order chi connectivity index (χ1) is 20.8. The molecule has 0 fully saturated rings. The van der Waals surface area contributed by atoms with Crippen molar-refractivity contribution < 1.29 is 44.1 Å². The summed E-state index contributed by atoms with van der Waals surface area (Å²) in [6.45, 7) is 0.0806. The van der Waals surface area contributed by atoms with E-state index >= 15 is 0 Å². The van der Waals surface area contributed by atoms with Crippen molar-refractivity contribution in [3.05, 3.63) is 36.0 Å². The molecule has 3 amide bonds. The second kappa shape index (κ2) is 17.1. The number of carbonyl (C=O) groups excluding carboxylic acids is 3. The highest BCUT2D eigenvalue weighted by Crippen LogP contribution is 2.19. The van der Waals surface area contributed by atoms with Crippen LogP contribution in [-0.2, 0) is 35.2 Å². The third-order valence-corrected chi connectivity index (χ3v) is 6.58. The average Bonchev–Trinajstić information content (AvgIpc) is 3.37. The lowest BCUT2D eigenvalue weighted by molar-refractivity contribution is -0.143. The summed E-state index contributed by atoms with van der Waals surface area (Å²) in [7, 11) is 0. The summed E-state index contributed by atoms with van der Waals surface area (Å²) in [6, 6.07) is 1.81. The van der Waals surface area contributed by atoms with Gasteiger partial charge < -0.3 is 53.5 Å². The quantitative estimate of drug-likeness (QED) is 0.0481. The summed E-state index contributed by atoms with van der Waals surface area (Å²) in [5, 5.41) is 35.4. The van der Waals surface area contributed by atoms with Crippen LogP contribution in [0.1, 0.15) is 44.1 Å². The van der Waals surface area contributed by atoms with Gasteiger partial charge in [-0.1, -0.05) is 18.2 Å². The van der Waals surface area contributed by atoms with Crippen LogP contribution in [0.3, 0.4) is 0 Å². The molecule has 2 rings (SSSR count). The Balaban J connectivity index is 2.32. The van der Waals surface area contributed by atoms with E-state index < -0.39 is 72.6 Å². The maximum atomic E-state index is 13.6. The molecule has 1 aromatic heterocycles. The van der Waals surface area contributed by atoms with E-state index in [2.05, 4.69) is 25.9 Å². The predicted octanol–water partition coefficient (Wildman–Crippen LogP) is -1.64. The van der Waals surface area contributed by atoms with Crippen LogP contribution in [0.2, 0.25) is 0 Å². The van der Waals surface area contributed by atoms with Crippen molar-refractivity contribution in [2.24, 2.45) is 22.2 Å². The summed E-state index contributed by atoms with van der Waals surface area (Å²) >= 11 is 0. The number of aromatic nitrogens is 1. The van der Waals surface area contributed by atoms with Gasteiger partial charge in [-0.05, 0) is 37.3 Å². The van der Waals surface area contributed by atoms with Crippen LogP contribution >= 0.6 is 0 Å². The predicted molar refractivity (Wildman–Crippen MR) is 157 cm³/mol. The van der Waals surface area contributed by atoms with E-state index in [1.54, 1.807) is 18.3 Å². The molecule has 2 aromatic rings. The van der Waals surface area contributed by atoms with E-state index in [0.29, 0.717) is 5.56 Å². The van der Waals surface area contributed by atoms with Crippen molar-refractivity contribution >= 4 is 52.5 Å². The molecule has 0 spiro atoms. The van der Waals surface area contributed by atoms with Crippen LogP contribution < -0.4 is 33.2 Å². The molecule has 240 valence electrons. The fraction of sp³-hybridized carbons (Fsp3) is 0.444. The number of guanidine groups is 1. The lowest BCUT2D eigenvalue weighted by Crippen LogP contribution is -2.57. The molecule has 0 saturated carbocycles. The van der Waals surface area contributed by atoms with Crippen molar-refractivity contribution in [1.29, 1.82) is 0 Å². The zero-order valence-corrected chi connectivity index (χ0v) is 23.8. The highest BCUT2D eigenvalue weighted by Gasteiger charge is 2.31. The molecule has 17 heteroatoms. The van der Waals surface area contributed by atoms with Crippen LogP contribution in [0.15, 0.2) is 35.5 Å². The van der Waals surface area contributed by atoms with Crippen molar-refractivity contribution in [2.75, 3.05) is 6.54 Å². The van der Waals surface area contributed by atoms with Gasteiger partial charge >= 0.3 is 17.9 Å². The van der Waals surface area contributed by atoms with Gasteiger partial charge in [0.05, 0.1) is 6.04 Å². The van der Waals surface area contributed by atoms with Crippen molar-refractivity contribution in [2.45, 2.75) is 69.1 Å². The number of nitrogens with two attached hydrogens (primary N) is 3. The highest BCUT2D eigenvalue weighted by atomic mass is 16.4. The number of hydrogen-bond donors (Lipinski definition) is 10. The van der Waals surface area contributed by atoms with Gasteiger partial charge in [-0.25, -0.2) is 4.79 Å². The van der Waals surface area contributed by atoms with Gasteiger partial charge in [0.25, 0.3) is 0 Å². The van der Waals surface area contributed by atoms with Crippen molar-refractivity contribution in [1.82, 2.24) is 20.9 Å². The smallest absolute Gasteiger partial charge is 0.326 e. The second-order valence-corrected chi connectivity index (χ2v) is 10.0. The lowest BCUT2D eigenvalue weighted by atomic mass is 10.0. The number of H-pyrrole nitrogens is 1. The first-order valence-corrected chi connectivity index (χ1v) is 13.7. The number of para-hydroxylation sites is 1. The first kappa shape index (κ1) is 35.0. The highest BCUT2D eigenvalue weighted by molar-refractivity contribution is 5.95. The van der Waals surface area contributed by atoms with E-state index in [9.17, 15) is 33.9 Å². The number of nitrogens with one attached hydrogen (secondary N) is 4. The van der Waals surface area contributed by atoms with E-state index in [-0.39, 0.29) is 44.6 Å². The summed E-state index contributed by atoms with van der Waals surface area (Å²) in [4.78, 5) is 80.1. The number of aliphatic imine (C=N–C) groups is 1. The Hall–Kier alpha value is -5.19. The Labute approximate surface area is 251 Å². The summed E-state index contributed by atoms with van der Waals surface area (Å²) in [6.07, 6.45) is 0.239. The lowest BCUT2D eigenvalue weighted by Gasteiger charge is -2.25. The van der Waals surface area contributed by atoms with Gasteiger partial charge in [0.15, 0.2) is 5.96 Å². The Bertz CT molecular complexity index is 1370. The van der Waals surface area contributed by atoms with Crippen LogP contribution in [0.25, 0.3) is 10.9 Å². The minimum Gasteiger partial charge on any atom is -0.481 e. The zero-order chi connectivity index (χ0) is 32.8. The van der Waals surface area contributed by atoms with Gasteiger partial charge in [-0.15, -0.1) is 0 Å². The van der Waals surface area contributed by atoms with E-state index in [1.807, 2.05) is 12.1 Å². The number of benzene rings is 1. The molecule has 0 aliphatic carbocycles. The molecule has 1 aromatic carbocycles. The summed E-state index contributed by atoms with van der Waals surface area (Å²) in [5.41, 5.74) is 18.0. The molecule has 4 atom stereocenters. The molecule has 0 saturated heterocycles. The number of aromatic amines is 1. The molecule has 44 heavy (non-hydrogen) atoms. The summed E-state index contributed by atoms with van der Waals surface area (Å²) < 4.78 is 0. The first-order valence-electron chi connectivity index (χ1n) is 13.7. The molecule has 0 bridgehead atoms. The minimum atomic E-state index is -1.55. The normalized spacial score (nSPS) is 13.6. The van der Waals surface area contributed by atoms with Gasteiger partial charge in [-0.2, -0.15) is 0 Å². The Morgan fingerprint density at radius 1 is 0.795 bits per heavy atom. The number of nitrogens with zero attached hydrogens (tertiary/aromatic N) is 1. The number of amides is 3. The fourth-order valence-electron chi connectivity index (χ4n) is 4.26. The van der Waals surface area contributed by atoms with Crippen LogP contribution in [0, 0.1) is 0 Å². The fourth-order valence-corrected chi connectivity index (χ4v) is 4.26. The van der Waals surface area contributed by atoms with E-state index in [1.165, 1.54) is 0 Å². The third kappa shape index (κ3) is 11.6. The number of carboxylic acid groups (broad SMARTS) is 3. The molecule has 0 aliphatic heterocycles. The SMILES string of the molecule is NC(N)=NCCCC(NC(=O)C(Cc1c[nH]c2ccccc12)NC(=O)C(N)CCC(=O)O)C(=O)NC(CCC(=O)O)C(=O)O. The second-order valence-electron chi connectivity index (χ2n) is 10.0. The van der Waals surface area contributed by atoms with Gasteiger partial charge in [0.2, 0.25) is 17.7 Å². The average molecular weight is 619 g/mol. The molecule has 1 heterocycles. The Kier molecular flexibility index (Phi) is 13.6. The summed E-state index contributed by atoms with van der Waals surface area (Å²) in [5.74, 6) is -6.59. The number of fused-ring (bicyclic) bond motifs is 1. The largest absolute Gasteiger partial charge is 0.481 e. The maximum absolute atomic E-state index is 13.6. The van der Waals surface area contributed by atoms with Crippen LogP contribution in [0.5, 0.6) is 0 Å². The Morgan fingerprint density at radius 2 is 1.39 bits per heavy atom. The minimum absolute atomic E-state index is 0.0497. The molecular weight excluding hydrogens is 580 g/mol. The molecule has 13 N–H and O–H groups in total. The Morgan fingerprint density at radius 3 is 2.02 bits per heavy atom. The topological polar surface area (TPSA) is 305 Å². The van der Waals surface area contributed by atoms with Gasteiger partial charge in [-0.3, -0.25) is 29.0 Å². The van der Waals surface area contributed by atoms with Gasteiger partial charge in [0, 0.05) is 42.9 Å². The van der Waals surface area contributed by atoms with Crippen LogP contribution in [0.4, 0.5) is 0 Å². The van der Waals surface area contributed by atoms with E-state index in [4.69, 9.17) is 27.4 Å². The molecular formula is C27H38N8O9. The number of hydrogen-bond acceptors (Lipinski definition) is 8. The van der Waals surface area contributed by atoms with Gasteiger partial charge in [0.1, 0.15) is 18.1 Å². The molecule has 0 radical (unpaired) electrons. The molecule has 0 aliphatic rings. The molecule has 17 nitrogen and oxygen atoms in total. The zero-order valence-electron chi connectivity index (χ0n) is 23.8. The van der Waals surface area contributed by atoms with Crippen LogP contribution in [-0.4, -0.2) is 92.6 Å². The third-order valence-electron chi connectivity index (χ3n) is 6.58.